The van der Waals surface area contributed by atoms with Crippen LogP contribution < -0.4 is 5.32 Å². The fourth-order valence-electron chi connectivity index (χ4n) is 1.64. The number of hydrogen-bond acceptors (Lipinski definition) is 3. The molecule has 5 nitrogen and oxygen atoms in total. The van der Waals surface area contributed by atoms with Crippen molar-refractivity contribution in [3.63, 3.8) is 0 Å². The third kappa shape index (κ3) is 2.81. The highest BCUT2D eigenvalue weighted by molar-refractivity contribution is 6.15. The second kappa shape index (κ2) is 5.63. The molecule has 1 heterocycles. The van der Waals surface area contributed by atoms with Crippen molar-refractivity contribution in [2.24, 2.45) is 5.92 Å². The molecule has 1 aliphatic rings. The van der Waals surface area contributed by atoms with Gasteiger partial charge in [-0.3, -0.25) is 19.8 Å². The van der Waals surface area contributed by atoms with Crippen LogP contribution in [0.4, 0.5) is 4.79 Å². The standard InChI is InChI=1S/C11H18N2O3/c1-3-4-5-6-7-13-10(15)8(2)9(14)12-11(13)16/h8H,3-7H2,1-2H3,(H,12,14,16). The minimum atomic E-state index is -0.746. The van der Waals surface area contributed by atoms with E-state index >= 15 is 0 Å². The van der Waals surface area contributed by atoms with Crippen LogP contribution in [0.1, 0.15) is 39.5 Å². The van der Waals surface area contributed by atoms with Crippen LogP contribution >= 0.6 is 0 Å². The van der Waals surface area contributed by atoms with Crippen LogP contribution in [0.2, 0.25) is 0 Å². The summed E-state index contributed by atoms with van der Waals surface area (Å²) in [4.78, 5) is 35.3. The lowest BCUT2D eigenvalue weighted by atomic mass is 10.1. The number of nitrogens with one attached hydrogen (secondary N) is 1. The van der Waals surface area contributed by atoms with Gasteiger partial charge in [0.05, 0.1) is 0 Å². The molecule has 1 saturated heterocycles. The quantitative estimate of drug-likeness (QED) is 0.567. The summed E-state index contributed by atoms with van der Waals surface area (Å²) in [5.41, 5.74) is 0. The average Bonchev–Trinajstić information content (AvgIpc) is 2.25. The maximum Gasteiger partial charge on any atom is 0.330 e. The molecule has 0 aromatic carbocycles. The number of unbranched alkanes of at least 4 members (excludes halogenated alkanes) is 3. The molecule has 1 rings (SSSR count). The first-order valence-electron chi connectivity index (χ1n) is 5.74. The van der Waals surface area contributed by atoms with Crippen LogP contribution in [0.3, 0.4) is 0 Å². The van der Waals surface area contributed by atoms with Gasteiger partial charge in [0, 0.05) is 6.54 Å². The summed E-state index contributed by atoms with van der Waals surface area (Å²) in [5.74, 6) is -1.63. The molecule has 90 valence electrons. The molecule has 0 aromatic heterocycles. The molecule has 1 N–H and O–H groups in total. The van der Waals surface area contributed by atoms with Gasteiger partial charge in [0.2, 0.25) is 11.8 Å². The smallest absolute Gasteiger partial charge is 0.277 e. The Morgan fingerprint density at radius 1 is 1.19 bits per heavy atom. The Morgan fingerprint density at radius 3 is 2.50 bits per heavy atom. The lowest BCUT2D eigenvalue weighted by molar-refractivity contribution is -0.141. The van der Waals surface area contributed by atoms with Crippen molar-refractivity contribution in [1.82, 2.24) is 10.2 Å². The number of carbonyl (C=O) groups excluding carboxylic acids is 3. The van der Waals surface area contributed by atoms with Crippen LogP contribution in [-0.2, 0) is 9.59 Å². The van der Waals surface area contributed by atoms with Gasteiger partial charge in [-0.2, -0.15) is 0 Å². The van der Waals surface area contributed by atoms with Crippen LogP contribution in [-0.4, -0.2) is 29.3 Å². The van der Waals surface area contributed by atoms with Crippen LogP contribution in [0, 0.1) is 5.92 Å². The van der Waals surface area contributed by atoms with E-state index in [2.05, 4.69) is 12.2 Å². The molecule has 0 spiro atoms. The predicted octanol–water partition coefficient (Wildman–Crippen LogP) is 1.28. The van der Waals surface area contributed by atoms with E-state index in [0.29, 0.717) is 6.54 Å². The van der Waals surface area contributed by atoms with Crippen molar-refractivity contribution in [3.05, 3.63) is 0 Å². The minimum absolute atomic E-state index is 0.384. The first kappa shape index (κ1) is 12.7. The second-order valence-electron chi connectivity index (χ2n) is 4.07. The van der Waals surface area contributed by atoms with Gasteiger partial charge in [-0.1, -0.05) is 26.2 Å². The Labute approximate surface area is 95.2 Å². The van der Waals surface area contributed by atoms with Gasteiger partial charge in [0.1, 0.15) is 5.92 Å². The molecule has 0 saturated carbocycles. The van der Waals surface area contributed by atoms with Crippen molar-refractivity contribution < 1.29 is 14.4 Å². The van der Waals surface area contributed by atoms with Gasteiger partial charge in [-0.25, -0.2) is 4.79 Å². The molecule has 1 aliphatic heterocycles. The van der Waals surface area contributed by atoms with Crippen molar-refractivity contribution >= 4 is 17.8 Å². The Hall–Kier alpha value is -1.39. The lowest BCUT2D eigenvalue weighted by Gasteiger charge is -2.28. The topological polar surface area (TPSA) is 66.5 Å². The van der Waals surface area contributed by atoms with Gasteiger partial charge >= 0.3 is 6.03 Å². The molecule has 1 unspecified atom stereocenters. The summed E-state index contributed by atoms with van der Waals surface area (Å²) in [6, 6.07) is -0.579. The molecule has 0 aromatic rings. The van der Waals surface area contributed by atoms with Gasteiger partial charge in [-0.05, 0) is 13.3 Å². The normalized spacial score (nSPS) is 21.2. The molecule has 16 heavy (non-hydrogen) atoms. The maximum absolute atomic E-state index is 11.7. The summed E-state index contributed by atoms with van der Waals surface area (Å²) in [6.45, 7) is 4.02. The highest BCUT2D eigenvalue weighted by atomic mass is 16.2. The zero-order chi connectivity index (χ0) is 12.1. The summed E-state index contributed by atoms with van der Waals surface area (Å²) in [6.07, 6.45) is 4.00. The number of nitrogens with zero attached hydrogens (tertiary/aromatic N) is 1. The zero-order valence-corrected chi connectivity index (χ0v) is 9.78. The molecule has 5 heteroatoms. The van der Waals surface area contributed by atoms with Crippen LogP contribution in [0.5, 0.6) is 0 Å². The van der Waals surface area contributed by atoms with E-state index in [1.807, 2.05) is 0 Å². The minimum Gasteiger partial charge on any atom is -0.277 e. The van der Waals surface area contributed by atoms with Crippen LogP contribution in [0.25, 0.3) is 0 Å². The summed E-state index contributed by atoms with van der Waals surface area (Å²) >= 11 is 0. The molecular weight excluding hydrogens is 208 g/mol. The number of rotatable bonds is 5. The summed E-state index contributed by atoms with van der Waals surface area (Å²) < 4.78 is 0. The van der Waals surface area contributed by atoms with Crippen molar-refractivity contribution in [2.45, 2.75) is 39.5 Å². The molecule has 1 fully saturated rings. The first-order chi connectivity index (χ1) is 7.57. The average molecular weight is 226 g/mol. The van der Waals surface area contributed by atoms with Gasteiger partial charge in [-0.15, -0.1) is 0 Å². The molecule has 4 amide bonds. The van der Waals surface area contributed by atoms with Gasteiger partial charge < -0.3 is 0 Å². The molecule has 0 radical (unpaired) electrons. The fourth-order valence-corrected chi connectivity index (χ4v) is 1.64. The van der Waals surface area contributed by atoms with E-state index in [-0.39, 0.29) is 5.91 Å². The van der Waals surface area contributed by atoms with Crippen molar-refractivity contribution in [2.75, 3.05) is 6.54 Å². The number of hydrogen-bond donors (Lipinski definition) is 1. The van der Waals surface area contributed by atoms with Gasteiger partial charge in [0.25, 0.3) is 0 Å². The number of amides is 4. The first-order valence-corrected chi connectivity index (χ1v) is 5.74. The van der Waals surface area contributed by atoms with E-state index < -0.39 is 17.9 Å². The van der Waals surface area contributed by atoms with Crippen molar-refractivity contribution in [3.8, 4) is 0 Å². The molecule has 0 bridgehead atoms. The summed E-state index contributed by atoms with van der Waals surface area (Å²) in [7, 11) is 0. The zero-order valence-electron chi connectivity index (χ0n) is 9.78. The Balaban J connectivity index is 2.48. The predicted molar refractivity (Wildman–Crippen MR) is 58.6 cm³/mol. The monoisotopic (exact) mass is 226 g/mol. The second-order valence-corrected chi connectivity index (χ2v) is 4.07. The van der Waals surface area contributed by atoms with E-state index in [0.717, 1.165) is 30.6 Å². The van der Waals surface area contributed by atoms with E-state index in [9.17, 15) is 14.4 Å². The van der Waals surface area contributed by atoms with Gasteiger partial charge in [0.15, 0.2) is 0 Å². The van der Waals surface area contributed by atoms with Crippen molar-refractivity contribution in [1.29, 1.82) is 0 Å². The van der Waals surface area contributed by atoms with Crippen LogP contribution in [0.15, 0.2) is 0 Å². The molecule has 1 atom stereocenters. The Morgan fingerprint density at radius 2 is 1.88 bits per heavy atom. The number of imide groups is 2. The highest BCUT2D eigenvalue weighted by Crippen LogP contribution is 2.11. The largest absolute Gasteiger partial charge is 0.330 e. The molecule has 0 aliphatic carbocycles. The number of barbiturate groups is 1. The maximum atomic E-state index is 11.7. The highest BCUT2D eigenvalue weighted by Gasteiger charge is 2.36. The van der Waals surface area contributed by atoms with E-state index in [1.54, 1.807) is 0 Å². The number of carbonyl (C=O) groups is 3. The third-order valence-electron chi connectivity index (χ3n) is 2.74. The number of urea groups is 1. The Bertz CT molecular complexity index is 302. The molecular formula is C11H18N2O3. The van der Waals surface area contributed by atoms with E-state index in [1.165, 1.54) is 6.92 Å². The third-order valence-corrected chi connectivity index (χ3v) is 2.74. The fraction of sp³-hybridized carbons (Fsp3) is 0.727. The van der Waals surface area contributed by atoms with E-state index in [4.69, 9.17) is 0 Å². The Kier molecular flexibility index (Phi) is 4.46. The lowest BCUT2D eigenvalue weighted by Crippen LogP contribution is -2.57. The summed E-state index contributed by atoms with van der Waals surface area (Å²) in [5, 5.41) is 2.18. The SMILES string of the molecule is CCCCCCN1C(=O)NC(=O)C(C)C1=O.